The van der Waals surface area contributed by atoms with Crippen molar-refractivity contribution in [1.29, 1.82) is 5.41 Å². The summed E-state index contributed by atoms with van der Waals surface area (Å²) in [7, 11) is 0. The van der Waals surface area contributed by atoms with E-state index in [1.54, 1.807) is 0 Å². The van der Waals surface area contributed by atoms with Crippen molar-refractivity contribution in [3.05, 3.63) is 20.9 Å². The van der Waals surface area contributed by atoms with Gasteiger partial charge in [0.15, 0.2) is 18.7 Å². The predicted molar refractivity (Wildman–Crippen MR) is 264 cm³/mol. The SMILES string of the molecule is CCCCOC(=O)[C@@H]1O[C@@H](O[C@H]2C(OC(C)=O)C(N=[N+]=[N-])[C@@H](OC(=N)C(Cl)(Cl)Cl)O[C@H]2COC(C)=O)C(OCCCC)C(OCCCC)[C@@H]1O[C@H]1O[C@@H](COC(C)=O)[C@@H](OCCCC)[C@H](OCCCC)C1N=[N+]=[N-]. The molecular weight excluding hydrogens is 1040 g/mol. The highest BCUT2D eigenvalue weighted by molar-refractivity contribution is 6.76. The molecule has 25 nitrogen and oxygen atoms in total. The molecule has 0 radical (unpaired) electrons. The van der Waals surface area contributed by atoms with Gasteiger partial charge in [-0.3, -0.25) is 19.8 Å². The molecule has 74 heavy (non-hydrogen) atoms. The van der Waals surface area contributed by atoms with Crippen molar-refractivity contribution >= 4 is 64.6 Å². The molecule has 15 atom stereocenters. The molecule has 3 rings (SSSR count). The summed E-state index contributed by atoms with van der Waals surface area (Å²) in [6.07, 6.45) is -12.7. The highest BCUT2D eigenvalue weighted by Crippen LogP contribution is 2.39. The van der Waals surface area contributed by atoms with E-state index >= 15 is 0 Å². The first kappa shape index (κ1) is 64.8. The molecule has 3 saturated heterocycles. The Morgan fingerprint density at radius 1 is 0.527 bits per heavy atom. The molecule has 422 valence electrons. The lowest BCUT2D eigenvalue weighted by atomic mass is 9.94. The summed E-state index contributed by atoms with van der Waals surface area (Å²) in [6.45, 7) is 12.8. The first-order valence-corrected chi connectivity index (χ1v) is 26.3. The van der Waals surface area contributed by atoms with E-state index in [1.165, 1.54) is 6.92 Å². The van der Waals surface area contributed by atoms with E-state index in [2.05, 4.69) is 20.1 Å². The Balaban J connectivity index is 2.35. The van der Waals surface area contributed by atoms with Gasteiger partial charge < -0.3 is 66.3 Å². The van der Waals surface area contributed by atoms with E-state index in [4.69, 9.17) is 107 Å². The Morgan fingerprint density at radius 3 is 1.46 bits per heavy atom. The minimum atomic E-state index is -2.44. The second-order valence-corrected chi connectivity index (χ2v) is 19.8. The lowest BCUT2D eigenvalue weighted by molar-refractivity contribution is -0.369. The fourth-order valence-electron chi connectivity index (χ4n) is 7.88. The molecule has 0 aromatic rings. The third-order valence-electron chi connectivity index (χ3n) is 11.6. The van der Waals surface area contributed by atoms with Gasteiger partial charge in [-0.25, -0.2) is 4.79 Å². The van der Waals surface area contributed by atoms with Crippen LogP contribution in [0.4, 0.5) is 0 Å². The zero-order chi connectivity index (χ0) is 54.8. The minimum absolute atomic E-state index is 0.0467. The van der Waals surface area contributed by atoms with Crippen molar-refractivity contribution in [2.75, 3.05) is 46.2 Å². The Hall–Kier alpha value is -3.52. The van der Waals surface area contributed by atoms with Crippen LogP contribution in [0.1, 0.15) is 120 Å². The molecule has 3 heterocycles. The van der Waals surface area contributed by atoms with Gasteiger partial charge in [-0.15, -0.1) is 0 Å². The summed E-state index contributed by atoms with van der Waals surface area (Å²) in [6, 6.07) is -2.98. The average Bonchev–Trinajstić information content (AvgIpc) is 3.34. The van der Waals surface area contributed by atoms with Gasteiger partial charge in [-0.2, -0.15) is 0 Å². The smallest absolute Gasteiger partial charge is 0.338 e. The topological polar surface area (TPSA) is 319 Å². The molecule has 0 aromatic carbocycles. The number of carbonyl (C=O) groups is 4. The van der Waals surface area contributed by atoms with Gasteiger partial charge in [0.1, 0.15) is 74.1 Å². The Bertz CT molecular complexity index is 1850. The summed E-state index contributed by atoms with van der Waals surface area (Å²) in [4.78, 5) is 58.2. The molecule has 3 fully saturated rings. The molecule has 0 aliphatic carbocycles. The van der Waals surface area contributed by atoms with Gasteiger partial charge in [0.05, 0.1) is 12.7 Å². The maximum atomic E-state index is 14.6. The van der Waals surface area contributed by atoms with Crippen LogP contribution < -0.4 is 0 Å². The number of nitrogens with zero attached hydrogens (tertiary/aromatic N) is 6. The zero-order valence-corrected chi connectivity index (χ0v) is 45.6. The third-order valence-corrected chi connectivity index (χ3v) is 12.1. The molecule has 0 amide bonds. The average molecular weight is 1120 g/mol. The number of azide groups is 2. The standard InChI is InChI=1S/C46H74Cl3N7O18/c1-9-14-19-61-33-29(24-66-26(6)57)69-42(31(53-55-51)35(33)62-20-15-10-2)72-38-37(63-21-16-11-3)40(64-22-17-12-4)44(73-39(38)41(60)65-23-18-13-5)71-34-30(25-67-27(7)58)70-43(74-45(50)46(47,48)49)32(54-56-52)36(34)68-28(8)59/h29-40,42-44,50H,9-25H2,1-8H3/t29-,30-,31?,32?,33+,34+,35+,36?,37?,38-,39+,40?,42+,43+,44+/m0/s1. The monoisotopic (exact) mass is 1120 g/mol. The number of hydrogen-bond donors (Lipinski definition) is 1. The van der Waals surface area contributed by atoms with Crippen LogP contribution in [0.3, 0.4) is 0 Å². The number of hydrogen-bond acceptors (Lipinski definition) is 21. The van der Waals surface area contributed by atoms with Gasteiger partial charge in [0.25, 0.3) is 3.79 Å². The highest BCUT2D eigenvalue weighted by Gasteiger charge is 2.59. The number of unbranched alkanes of at least 4 members (excludes halogenated alkanes) is 5. The van der Waals surface area contributed by atoms with Crippen molar-refractivity contribution in [3.8, 4) is 0 Å². The van der Waals surface area contributed by atoms with Crippen LogP contribution in [0.25, 0.3) is 20.9 Å². The minimum Gasteiger partial charge on any atom is -0.464 e. The normalized spacial score (nSPS) is 30.0. The van der Waals surface area contributed by atoms with Crippen molar-refractivity contribution in [3.63, 3.8) is 0 Å². The molecule has 0 saturated carbocycles. The van der Waals surface area contributed by atoms with Crippen LogP contribution in [0, 0.1) is 5.41 Å². The summed E-state index contributed by atoms with van der Waals surface area (Å²) in [5.41, 5.74) is 19.9. The van der Waals surface area contributed by atoms with Crippen molar-refractivity contribution < 1.29 is 85.5 Å². The van der Waals surface area contributed by atoms with Crippen LogP contribution in [0.5, 0.6) is 0 Å². The number of carbonyl (C=O) groups excluding carboxylic acids is 4. The highest BCUT2D eigenvalue weighted by atomic mass is 35.6. The van der Waals surface area contributed by atoms with E-state index in [-0.39, 0.29) is 39.6 Å². The van der Waals surface area contributed by atoms with E-state index < -0.39 is 132 Å². The first-order valence-electron chi connectivity index (χ1n) is 25.2. The number of rotatable bonds is 32. The molecule has 0 aromatic heterocycles. The lowest BCUT2D eigenvalue weighted by Gasteiger charge is -2.50. The quantitative estimate of drug-likeness (QED) is 0.00772. The van der Waals surface area contributed by atoms with Crippen LogP contribution >= 0.6 is 34.8 Å². The van der Waals surface area contributed by atoms with Crippen LogP contribution in [0.15, 0.2) is 10.2 Å². The van der Waals surface area contributed by atoms with Crippen LogP contribution in [0.2, 0.25) is 0 Å². The summed E-state index contributed by atoms with van der Waals surface area (Å²) in [5.74, 6) is -4.22. The van der Waals surface area contributed by atoms with Crippen LogP contribution in [-0.4, -0.2) is 172 Å². The van der Waals surface area contributed by atoms with E-state index in [0.29, 0.717) is 51.4 Å². The summed E-state index contributed by atoms with van der Waals surface area (Å²) >= 11 is 17.8. The van der Waals surface area contributed by atoms with Crippen molar-refractivity contribution in [1.82, 2.24) is 0 Å². The molecule has 0 bridgehead atoms. The Morgan fingerprint density at radius 2 is 0.973 bits per heavy atom. The molecular formula is C46H74Cl3N7O18. The van der Waals surface area contributed by atoms with Gasteiger partial charge in [0.2, 0.25) is 12.2 Å². The largest absolute Gasteiger partial charge is 0.464 e. The maximum absolute atomic E-state index is 14.6. The molecule has 3 aliphatic heterocycles. The first-order chi connectivity index (χ1) is 35.4. The maximum Gasteiger partial charge on any atom is 0.338 e. The zero-order valence-electron chi connectivity index (χ0n) is 43.3. The molecule has 5 unspecified atom stereocenters. The van der Waals surface area contributed by atoms with Crippen LogP contribution in [-0.2, 0) is 85.5 Å². The molecule has 1 N–H and O–H groups in total. The molecule has 3 aliphatic rings. The van der Waals surface area contributed by atoms with E-state index in [0.717, 1.165) is 26.7 Å². The predicted octanol–water partition coefficient (Wildman–Crippen LogP) is 7.80. The van der Waals surface area contributed by atoms with Gasteiger partial charge in [0, 0.05) is 57.0 Å². The second kappa shape index (κ2) is 34.3. The number of halogens is 3. The third kappa shape index (κ3) is 20.5. The molecule has 0 spiro atoms. The van der Waals surface area contributed by atoms with Gasteiger partial charge >= 0.3 is 23.9 Å². The molecule has 28 heteroatoms. The van der Waals surface area contributed by atoms with Gasteiger partial charge in [-0.05, 0) is 43.2 Å². The van der Waals surface area contributed by atoms with Gasteiger partial charge in [-0.1, -0.05) is 112 Å². The number of alkyl halides is 3. The lowest BCUT2D eigenvalue weighted by Crippen LogP contribution is -2.68. The fourth-order valence-corrected chi connectivity index (χ4v) is 8.01. The van der Waals surface area contributed by atoms with E-state index in [1.807, 2.05) is 34.6 Å². The van der Waals surface area contributed by atoms with Crippen molar-refractivity contribution in [2.24, 2.45) is 10.2 Å². The summed E-state index contributed by atoms with van der Waals surface area (Å²) in [5, 5.41) is 16.2. The number of esters is 4. The van der Waals surface area contributed by atoms with Crippen molar-refractivity contribution in [2.45, 2.75) is 215 Å². The Labute approximate surface area is 446 Å². The Kier molecular flexibility index (Phi) is 30.0. The number of nitrogens with one attached hydrogen (secondary N) is 1. The van der Waals surface area contributed by atoms with E-state index in [9.17, 15) is 30.2 Å². The number of ether oxygens (including phenoxy) is 14. The second-order valence-electron chi connectivity index (χ2n) is 17.5. The fraction of sp³-hybridized carbons (Fsp3) is 0.891. The summed E-state index contributed by atoms with van der Waals surface area (Å²) < 4.78 is 84.5.